The number of hydrogen-bond acceptors (Lipinski definition) is 3. The quantitative estimate of drug-likeness (QED) is 0.862. The van der Waals surface area contributed by atoms with Crippen LogP contribution in [0.2, 0.25) is 0 Å². The van der Waals surface area contributed by atoms with Gasteiger partial charge in [0.2, 0.25) is 5.91 Å². The van der Waals surface area contributed by atoms with Crippen molar-refractivity contribution < 1.29 is 9.53 Å². The maximum absolute atomic E-state index is 11.5. The van der Waals surface area contributed by atoms with E-state index in [9.17, 15) is 4.79 Å². The highest BCUT2D eigenvalue weighted by Gasteiger charge is 2.04. The van der Waals surface area contributed by atoms with Crippen molar-refractivity contribution in [3.8, 4) is 0 Å². The molecule has 0 aliphatic heterocycles. The summed E-state index contributed by atoms with van der Waals surface area (Å²) in [5.41, 5.74) is 1.85. The van der Waals surface area contributed by atoms with E-state index in [0.29, 0.717) is 18.8 Å². The summed E-state index contributed by atoms with van der Waals surface area (Å²) in [6.45, 7) is 3.13. The predicted octanol–water partition coefficient (Wildman–Crippen LogP) is 1.91. The van der Waals surface area contributed by atoms with E-state index >= 15 is 0 Å². The minimum atomic E-state index is -0.166. The Bertz CT molecular complexity index is 522. The second-order valence-corrected chi connectivity index (χ2v) is 4.10. The molecule has 2 aromatic rings. The zero-order chi connectivity index (χ0) is 13.5. The number of carbonyl (C=O) groups is 1. The number of amides is 1. The van der Waals surface area contributed by atoms with E-state index in [0.717, 1.165) is 5.56 Å². The van der Waals surface area contributed by atoms with Crippen LogP contribution in [0.15, 0.2) is 42.7 Å². The Labute approximate surface area is 112 Å². The molecule has 0 fully saturated rings. The highest BCUT2D eigenvalue weighted by atomic mass is 16.5. The average molecular weight is 259 g/mol. The fourth-order valence-electron chi connectivity index (χ4n) is 1.68. The Morgan fingerprint density at radius 3 is 2.89 bits per heavy atom. The summed E-state index contributed by atoms with van der Waals surface area (Å²) in [6.07, 6.45) is 3.43. The fraction of sp³-hybridized carbons (Fsp3) is 0.286. The summed E-state index contributed by atoms with van der Waals surface area (Å²) < 4.78 is 6.81. The molecule has 1 heterocycles. The molecule has 2 rings (SSSR count). The lowest BCUT2D eigenvalue weighted by Crippen LogP contribution is -2.17. The van der Waals surface area contributed by atoms with Crippen LogP contribution in [0.3, 0.4) is 0 Å². The van der Waals surface area contributed by atoms with Crippen LogP contribution in [0, 0.1) is 0 Å². The van der Waals surface area contributed by atoms with Crippen LogP contribution in [0.5, 0.6) is 0 Å². The normalized spacial score (nSPS) is 10.4. The van der Waals surface area contributed by atoms with Crippen molar-refractivity contribution in [1.29, 1.82) is 0 Å². The van der Waals surface area contributed by atoms with Gasteiger partial charge >= 0.3 is 0 Å². The van der Waals surface area contributed by atoms with Crippen molar-refractivity contribution in [2.75, 3.05) is 18.5 Å². The predicted molar refractivity (Wildman–Crippen MR) is 72.9 cm³/mol. The van der Waals surface area contributed by atoms with Crippen molar-refractivity contribution >= 4 is 11.6 Å². The summed E-state index contributed by atoms with van der Waals surface area (Å²) in [4.78, 5) is 11.5. The van der Waals surface area contributed by atoms with Crippen LogP contribution in [0.4, 0.5) is 5.69 Å². The minimum Gasteiger partial charge on any atom is -0.372 e. The lowest BCUT2D eigenvalue weighted by molar-refractivity contribution is -0.120. The molecule has 5 heteroatoms. The molecule has 100 valence electrons. The van der Waals surface area contributed by atoms with Gasteiger partial charge in [-0.3, -0.25) is 9.48 Å². The SMILES string of the molecule is CCOCC(=O)Nc1cnn(Cc2ccccc2)c1. The van der Waals surface area contributed by atoms with Gasteiger partial charge in [-0.1, -0.05) is 30.3 Å². The molecule has 0 aliphatic carbocycles. The molecule has 0 saturated carbocycles. The molecule has 0 aliphatic rings. The number of carbonyl (C=O) groups excluding carboxylic acids is 1. The lowest BCUT2D eigenvalue weighted by atomic mass is 10.2. The van der Waals surface area contributed by atoms with Crippen molar-refractivity contribution in [2.24, 2.45) is 0 Å². The van der Waals surface area contributed by atoms with Gasteiger partial charge in [0.05, 0.1) is 18.4 Å². The second-order valence-electron chi connectivity index (χ2n) is 4.10. The fourth-order valence-corrected chi connectivity index (χ4v) is 1.68. The number of rotatable bonds is 6. The molecule has 5 nitrogen and oxygen atoms in total. The minimum absolute atomic E-state index is 0.0698. The van der Waals surface area contributed by atoms with Gasteiger partial charge in [0.25, 0.3) is 0 Å². The Balaban J connectivity index is 1.90. The van der Waals surface area contributed by atoms with Crippen LogP contribution in [-0.4, -0.2) is 28.9 Å². The summed E-state index contributed by atoms with van der Waals surface area (Å²) in [5, 5.41) is 6.94. The van der Waals surface area contributed by atoms with Crippen molar-refractivity contribution in [3.05, 3.63) is 48.3 Å². The molecule has 1 N–H and O–H groups in total. The molecule has 0 radical (unpaired) electrons. The summed E-state index contributed by atoms with van der Waals surface area (Å²) in [5.74, 6) is -0.166. The molecule has 0 atom stereocenters. The first kappa shape index (κ1) is 13.3. The van der Waals surface area contributed by atoms with Gasteiger partial charge < -0.3 is 10.1 Å². The van der Waals surface area contributed by atoms with Crippen molar-refractivity contribution in [2.45, 2.75) is 13.5 Å². The van der Waals surface area contributed by atoms with E-state index in [2.05, 4.69) is 10.4 Å². The van der Waals surface area contributed by atoms with Crippen molar-refractivity contribution in [1.82, 2.24) is 9.78 Å². The van der Waals surface area contributed by atoms with E-state index < -0.39 is 0 Å². The number of ether oxygens (including phenoxy) is 1. The Hall–Kier alpha value is -2.14. The first-order valence-electron chi connectivity index (χ1n) is 6.22. The number of nitrogens with zero attached hydrogens (tertiary/aromatic N) is 2. The van der Waals surface area contributed by atoms with Crippen LogP contribution in [0.25, 0.3) is 0 Å². The first-order valence-corrected chi connectivity index (χ1v) is 6.22. The zero-order valence-corrected chi connectivity index (χ0v) is 10.9. The number of anilines is 1. The molecule has 0 saturated heterocycles. The van der Waals surface area contributed by atoms with Crippen molar-refractivity contribution in [3.63, 3.8) is 0 Å². The molecule has 0 bridgehead atoms. The third-order valence-electron chi connectivity index (χ3n) is 2.54. The van der Waals surface area contributed by atoms with Crippen LogP contribution in [-0.2, 0) is 16.1 Å². The summed E-state index contributed by atoms with van der Waals surface area (Å²) in [6, 6.07) is 10.0. The van der Waals surface area contributed by atoms with E-state index in [-0.39, 0.29) is 12.5 Å². The number of hydrogen-bond donors (Lipinski definition) is 1. The summed E-state index contributed by atoms with van der Waals surface area (Å²) >= 11 is 0. The van der Waals surface area contributed by atoms with Crippen LogP contribution < -0.4 is 5.32 Å². The van der Waals surface area contributed by atoms with Gasteiger partial charge in [-0.25, -0.2) is 0 Å². The maximum atomic E-state index is 11.5. The molecule has 1 aromatic heterocycles. The number of benzene rings is 1. The zero-order valence-electron chi connectivity index (χ0n) is 10.9. The smallest absolute Gasteiger partial charge is 0.250 e. The van der Waals surface area contributed by atoms with E-state index in [1.165, 1.54) is 0 Å². The van der Waals surface area contributed by atoms with E-state index in [4.69, 9.17) is 4.74 Å². The van der Waals surface area contributed by atoms with Gasteiger partial charge in [-0.2, -0.15) is 5.10 Å². The molecule has 1 amide bonds. The van der Waals surface area contributed by atoms with Gasteiger partial charge in [0.15, 0.2) is 0 Å². The molecular formula is C14H17N3O2. The van der Waals surface area contributed by atoms with Crippen LogP contribution in [0.1, 0.15) is 12.5 Å². The Morgan fingerprint density at radius 1 is 1.37 bits per heavy atom. The topological polar surface area (TPSA) is 56.1 Å². The molecule has 0 spiro atoms. The third-order valence-corrected chi connectivity index (χ3v) is 2.54. The maximum Gasteiger partial charge on any atom is 0.250 e. The van der Waals surface area contributed by atoms with Gasteiger partial charge in [-0.05, 0) is 12.5 Å². The second kappa shape index (κ2) is 6.70. The summed E-state index contributed by atoms with van der Waals surface area (Å²) in [7, 11) is 0. The lowest BCUT2D eigenvalue weighted by Gasteiger charge is -2.02. The highest BCUT2D eigenvalue weighted by molar-refractivity contribution is 5.91. The largest absolute Gasteiger partial charge is 0.372 e. The molecule has 0 unspecified atom stereocenters. The van der Waals surface area contributed by atoms with E-state index in [1.54, 1.807) is 17.1 Å². The van der Waals surface area contributed by atoms with Gasteiger partial charge in [0.1, 0.15) is 6.61 Å². The third kappa shape index (κ3) is 4.22. The first-order chi connectivity index (χ1) is 9.28. The molecular weight excluding hydrogens is 242 g/mol. The Kier molecular flexibility index (Phi) is 4.69. The Morgan fingerprint density at radius 2 is 2.16 bits per heavy atom. The monoisotopic (exact) mass is 259 g/mol. The standard InChI is InChI=1S/C14H17N3O2/c1-2-19-11-14(18)16-13-8-15-17(10-13)9-12-6-4-3-5-7-12/h3-8,10H,2,9,11H2,1H3,(H,16,18). The van der Waals surface area contributed by atoms with Gasteiger partial charge in [-0.15, -0.1) is 0 Å². The average Bonchev–Trinajstić information content (AvgIpc) is 2.85. The van der Waals surface area contributed by atoms with Gasteiger partial charge in [0, 0.05) is 12.8 Å². The number of nitrogens with one attached hydrogen (secondary N) is 1. The molecule has 1 aromatic carbocycles. The van der Waals surface area contributed by atoms with Crippen LogP contribution >= 0.6 is 0 Å². The highest BCUT2D eigenvalue weighted by Crippen LogP contribution is 2.07. The number of aromatic nitrogens is 2. The van der Waals surface area contributed by atoms with E-state index in [1.807, 2.05) is 37.3 Å². The molecule has 19 heavy (non-hydrogen) atoms.